The Morgan fingerprint density at radius 3 is 2.56 bits per heavy atom. The molecule has 1 aromatic carbocycles. The van der Waals surface area contributed by atoms with Crippen LogP contribution in [0.1, 0.15) is 25.0 Å². The number of nitrogens with zero attached hydrogens (tertiary/aromatic N) is 1. The second-order valence-electron chi connectivity index (χ2n) is 4.37. The molecule has 94 valence electrons. The Hall–Kier alpha value is -1.00. The lowest BCUT2D eigenvalue weighted by molar-refractivity contribution is -0.113. The monoisotopic (exact) mass is 277 g/mol. The largest absolute Gasteiger partial charge is 0.285 e. The van der Waals surface area contributed by atoms with Crippen molar-refractivity contribution in [1.82, 2.24) is 0 Å². The van der Waals surface area contributed by atoms with Gasteiger partial charge in [0.05, 0.1) is 4.91 Å². The van der Waals surface area contributed by atoms with Crippen LogP contribution in [0.3, 0.4) is 0 Å². The molecule has 0 aliphatic carbocycles. The highest BCUT2D eigenvalue weighted by molar-refractivity contribution is 8.41. The summed E-state index contributed by atoms with van der Waals surface area (Å²) in [7, 11) is 0. The molecular weight excluding hydrogens is 262 g/mol. The third-order valence-electron chi connectivity index (χ3n) is 2.31. The number of hydrogen-bond acceptors (Lipinski definition) is 3. The Balaban J connectivity index is 2.12. The van der Waals surface area contributed by atoms with Crippen molar-refractivity contribution in [3.8, 4) is 0 Å². The van der Waals surface area contributed by atoms with Crippen molar-refractivity contribution in [1.29, 1.82) is 0 Å². The van der Waals surface area contributed by atoms with E-state index in [0.717, 1.165) is 9.94 Å². The SMILES string of the molecule is Cc1ccc(/C=C2\SC(SC(C)C)=NC2=O)cc1. The molecule has 0 bridgehead atoms. The van der Waals surface area contributed by atoms with Gasteiger partial charge in [0.15, 0.2) is 0 Å². The van der Waals surface area contributed by atoms with Crippen LogP contribution in [0.4, 0.5) is 0 Å². The van der Waals surface area contributed by atoms with Crippen molar-refractivity contribution in [3.05, 3.63) is 40.3 Å². The maximum Gasteiger partial charge on any atom is 0.285 e. The van der Waals surface area contributed by atoms with Crippen LogP contribution in [0.25, 0.3) is 6.08 Å². The molecule has 2 rings (SSSR count). The average Bonchev–Trinajstić information content (AvgIpc) is 2.61. The minimum absolute atomic E-state index is 0.122. The van der Waals surface area contributed by atoms with E-state index in [-0.39, 0.29) is 5.91 Å². The molecule has 4 heteroatoms. The minimum Gasteiger partial charge on any atom is -0.266 e. The van der Waals surface area contributed by atoms with Crippen LogP contribution in [0, 0.1) is 6.92 Å². The van der Waals surface area contributed by atoms with Gasteiger partial charge in [-0.3, -0.25) is 4.79 Å². The van der Waals surface area contributed by atoms with Crippen LogP contribution in [0.15, 0.2) is 34.2 Å². The molecule has 1 aliphatic heterocycles. The van der Waals surface area contributed by atoms with E-state index < -0.39 is 0 Å². The zero-order chi connectivity index (χ0) is 13.1. The van der Waals surface area contributed by atoms with Gasteiger partial charge in [0.2, 0.25) is 0 Å². The molecule has 0 atom stereocenters. The molecule has 2 nitrogen and oxygen atoms in total. The molecule has 0 saturated heterocycles. The molecule has 1 amide bonds. The molecule has 0 radical (unpaired) electrons. The summed E-state index contributed by atoms with van der Waals surface area (Å²) in [6.07, 6.45) is 1.91. The number of hydrogen-bond donors (Lipinski definition) is 0. The lowest BCUT2D eigenvalue weighted by Gasteiger charge is -2.01. The molecule has 1 heterocycles. The molecule has 0 fully saturated rings. The molecule has 1 aliphatic rings. The predicted molar refractivity (Wildman–Crippen MR) is 81.9 cm³/mol. The van der Waals surface area contributed by atoms with E-state index in [0.29, 0.717) is 10.2 Å². The summed E-state index contributed by atoms with van der Waals surface area (Å²) in [6, 6.07) is 8.12. The van der Waals surface area contributed by atoms with Gasteiger partial charge >= 0.3 is 0 Å². The number of aryl methyl sites for hydroxylation is 1. The highest BCUT2D eigenvalue weighted by Crippen LogP contribution is 2.35. The van der Waals surface area contributed by atoms with Gasteiger partial charge in [-0.25, -0.2) is 0 Å². The number of benzene rings is 1. The fraction of sp³-hybridized carbons (Fsp3) is 0.286. The summed E-state index contributed by atoms with van der Waals surface area (Å²) in [4.78, 5) is 16.5. The number of thioether (sulfide) groups is 2. The molecule has 0 spiro atoms. The first-order chi connectivity index (χ1) is 8.54. The number of rotatable bonds is 2. The summed E-state index contributed by atoms with van der Waals surface area (Å²) >= 11 is 3.10. The number of aliphatic imine (C=N–C) groups is 1. The molecule has 1 aromatic rings. The lowest BCUT2D eigenvalue weighted by Crippen LogP contribution is -1.90. The first-order valence-corrected chi connectivity index (χ1v) is 7.50. The maximum absolute atomic E-state index is 11.7. The first kappa shape index (κ1) is 13.4. The fourth-order valence-corrected chi connectivity index (χ4v) is 3.68. The van der Waals surface area contributed by atoms with Crippen molar-refractivity contribution in [2.45, 2.75) is 26.0 Å². The Morgan fingerprint density at radius 1 is 1.28 bits per heavy atom. The summed E-state index contributed by atoms with van der Waals surface area (Å²) in [5.41, 5.74) is 2.26. The van der Waals surface area contributed by atoms with Crippen LogP contribution in [0.5, 0.6) is 0 Å². The summed E-state index contributed by atoms with van der Waals surface area (Å²) in [5.74, 6) is -0.122. The van der Waals surface area contributed by atoms with Crippen molar-refractivity contribution < 1.29 is 4.79 Å². The molecule has 18 heavy (non-hydrogen) atoms. The minimum atomic E-state index is -0.122. The van der Waals surface area contributed by atoms with Gasteiger partial charge < -0.3 is 0 Å². The Bertz CT molecular complexity index is 515. The van der Waals surface area contributed by atoms with E-state index in [9.17, 15) is 4.79 Å². The van der Waals surface area contributed by atoms with E-state index in [1.54, 1.807) is 11.8 Å². The van der Waals surface area contributed by atoms with Crippen molar-refractivity contribution in [3.63, 3.8) is 0 Å². The van der Waals surface area contributed by atoms with Gasteiger partial charge in [-0.15, -0.1) is 0 Å². The van der Waals surface area contributed by atoms with Crippen molar-refractivity contribution >= 4 is 39.9 Å². The second kappa shape index (κ2) is 5.76. The summed E-state index contributed by atoms with van der Waals surface area (Å²) < 4.78 is 0.855. The highest BCUT2D eigenvalue weighted by Gasteiger charge is 2.22. The van der Waals surface area contributed by atoms with E-state index in [2.05, 4.69) is 18.8 Å². The van der Waals surface area contributed by atoms with Crippen LogP contribution >= 0.6 is 23.5 Å². The molecule has 0 saturated carbocycles. The zero-order valence-corrected chi connectivity index (χ0v) is 12.3. The van der Waals surface area contributed by atoms with Gasteiger partial charge in [-0.1, -0.05) is 67.2 Å². The van der Waals surface area contributed by atoms with Gasteiger partial charge in [0.1, 0.15) is 4.38 Å². The number of amides is 1. The Morgan fingerprint density at radius 2 is 1.94 bits per heavy atom. The van der Waals surface area contributed by atoms with E-state index in [1.807, 2.05) is 37.3 Å². The van der Waals surface area contributed by atoms with Crippen molar-refractivity contribution in [2.75, 3.05) is 0 Å². The van der Waals surface area contributed by atoms with Crippen LogP contribution in [-0.4, -0.2) is 15.5 Å². The fourth-order valence-electron chi connectivity index (χ4n) is 1.46. The van der Waals surface area contributed by atoms with Gasteiger partial charge in [0.25, 0.3) is 5.91 Å². The molecule has 0 N–H and O–H groups in total. The Labute approximate surface area is 116 Å². The van der Waals surface area contributed by atoms with Crippen LogP contribution in [-0.2, 0) is 4.79 Å². The molecular formula is C14H15NOS2. The van der Waals surface area contributed by atoms with Crippen LogP contribution in [0.2, 0.25) is 0 Å². The highest BCUT2D eigenvalue weighted by atomic mass is 32.2. The van der Waals surface area contributed by atoms with E-state index in [1.165, 1.54) is 17.3 Å². The third-order valence-corrected chi connectivity index (χ3v) is 4.39. The maximum atomic E-state index is 11.7. The van der Waals surface area contributed by atoms with Gasteiger partial charge in [0, 0.05) is 5.25 Å². The van der Waals surface area contributed by atoms with Gasteiger partial charge in [-0.2, -0.15) is 4.99 Å². The molecule has 0 unspecified atom stereocenters. The van der Waals surface area contributed by atoms with Crippen LogP contribution < -0.4 is 0 Å². The van der Waals surface area contributed by atoms with E-state index in [4.69, 9.17) is 0 Å². The van der Waals surface area contributed by atoms with Gasteiger partial charge in [-0.05, 0) is 18.6 Å². The summed E-state index contributed by atoms with van der Waals surface area (Å²) in [5, 5.41) is 0.447. The third kappa shape index (κ3) is 3.50. The normalized spacial score (nSPS) is 17.7. The van der Waals surface area contributed by atoms with Crippen molar-refractivity contribution in [2.24, 2.45) is 4.99 Å². The second-order valence-corrected chi connectivity index (χ2v) is 7.23. The average molecular weight is 277 g/mol. The lowest BCUT2D eigenvalue weighted by atomic mass is 10.1. The quantitative estimate of drug-likeness (QED) is 0.762. The number of carbonyl (C=O) groups is 1. The molecule has 0 aromatic heterocycles. The smallest absolute Gasteiger partial charge is 0.266 e. The predicted octanol–water partition coefficient (Wildman–Crippen LogP) is 4.11. The summed E-state index contributed by atoms with van der Waals surface area (Å²) in [6.45, 7) is 6.24. The topological polar surface area (TPSA) is 29.4 Å². The van der Waals surface area contributed by atoms with E-state index >= 15 is 0 Å². The first-order valence-electron chi connectivity index (χ1n) is 5.80. The standard InChI is InChI=1S/C14H15NOS2/c1-9(2)17-14-15-13(16)12(18-14)8-11-6-4-10(3)5-7-11/h4-9H,1-3H3/b12-8-. The number of carbonyl (C=O) groups excluding carboxylic acids is 1. The Kier molecular flexibility index (Phi) is 4.30. The zero-order valence-electron chi connectivity index (χ0n) is 10.6.